The molecule has 0 aliphatic heterocycles. The molecule has 0 aliphatic carbocycles. The van der Waals surface area contributed by atoms with Crippen LogP contribution in [0.4, 0.5) is 0 Å². The molecule has 0 N–H and O–H groups in total. The summed E-state index contributed by atoms with van der Waals surface area (Å²) in [6, 6.07) is 0.209. The van der Waals surface area contributed by atoms with Crippen LogP contribution in [0.1, 0.15) is 26.3 Å². The predicted molar refractivity (Wildman–Crippen MR) is 67.7 cm³/mol. The standard InChI is InChI=1S/C8H10I2N2O/c1-5(3-6(2)13)12-4-11-7(9)8(12)10/h4-5H,3H2,1-2H3. The second-order valence-electron chi connectivity index (χ2n) is 2.99. The third-order valence-electron chi connectivity index (χ3n) is 1.75. The SMILES string of the molecule is CC(=O)CC(C)n1cnc(I)c1I. The van der Waals surface area contributed by atoms with Gasteiger partial charge in [-0.3, -0.25) is 4.79 Å². The Morgan fingerprint density at radius 2 is 2.31 bits per heavy atom. The van der Waals surface area contributed by atoms with Crippen LogP contribution in [0.3, 0.4) is 0 Å². The third kappa shape index (κ3) is 2.90. The zero-order chi connectivity index (χ0) is 10.0. The van der Waals surface area contributed by atoms with Gasteiger partial charge in [0.15, 0.2) is 0 Å². The quantitative estimate of drug-likeness (QED) is 0.727. The van der Waals surface area contributed by atoms with Crippen molar-refractivity contribution >= 4 is 51.0 Å². The van der Waals surface area contributed by atoms with Gasteiger partial charge in [0, 0.05) is 12.5 Å². The van der Waals surface area contributed by atoms with Crippen molar-refractivity contribution in [3.05, 3.63) is 13.7 Å². The van der Waals surface area contributed by atoms with Gasteiger partial charge in [0.1, 0.15) is 13.2 Å². The number of nitrogens with zero attached hydrogens (tertiary/aromatic N) is 2. The second kappa shape index (κ2) is 4.72. The van der Waals surface area contributed by atoms with Crippen molar-refractivity contribution in [2.45, 2.75) is 26.3 Å². The molecule has 0 bridgehead atoms. The van der Waals surface area contributed by atoms with E-state index in [1.54, 1.807) is 13.3 Å². The molecular weight excluding hydrogens is 394 g/mol. The molecule has 13 heavy (non-hydrogen) atoms. The van der Waals surface area contributed by atoms with Crippen molar-refractivity contribution < 1.29 is 4.79 Å². The average Bonchev–Trinajstić information content (AvgIpc) is 2.31. The van der Waals surface area contributed by atoms with E-state index in [-0.39, 0.29) is 11.8 Å². The van der Waals surface area contributed by atoms with Crippen molar-refractivity contribution in [1.82, 2.24) is 9.55 Å². The Morgan fingerprint density at radius 3 is 2.69 bits per heavy atom. The molecule has 1 atom stereocenters. The summed E-state index contributed by atoms with van der Waals surface area (Å²) in [6.07, 6.45) is 2.36. The van der Waals surface area contributed by atoms with E-state index in [1.807, 2.05) is 11.5 Å². The van der Waals surface area contributed by atoms with Gasteiger partial charge in [-0.25, -0.2) is 4.98 Å². The number of ketones is 1. The number of carbonyl (C=O) groups is 1. The van der Waals surface area contributed by atoms with Crippen LogP contribution in [0.2, 0.25) is 0 Å². The summed E-state index contributed by atoms with van der Waals surface area (Å²) in [5.41, 5.74) is 0. The van der Waals surface area contributed by atoms with Gasteiger partial charge in [0.2, 0.25) is 0 Å². The molecule has 1 unspecified atom stereocenters. The lowest BCUT2D eigenvalue weighted by Crippen LogP contribution is -2.09. The summed E-state index contributed by atoms with van der Waals surface area (Å²) in [4.78, 5) is 15.1. The Morgan fingerprint density at radius 1 is 1.69 bits per heavy atom. The smallest absolute Gasteiger partial charge is 0.132 e. The summed E-state index contributed by atoms with van der Waals surface area (Å²) < 4.78 is 4.13. The highest BCUT2D eigenvalue weighted by atomic mass is 127. The van der Waals surface area contributed by atoms with Crippen molar-refractivity contribution in [3.63, 3.8) is 0 Å². The van der Waals surface area contributed by atoms with Crippen molar-refractivity contribution in [1.29, 1.82) is 0 Å². The first kappa shape index (κ1) is 11.4. The van der Waals surface area contributed by atoms with Crippen LogP contribution in [0.5, 0.6) is 0 Å². The fourth-order valence-electron chi connectivity index (χ4n) is 1.15. The van der Waals surface area contributed by atoms with E-state index in [0.717, 1.165) is 7.40 Å². The molecule has 1 heterocycles. The van der Waals surface area contributed by atoms with Gasteiger partial charge in [-0.2, -0.15) is 0 Å². The van der Waals surface area contributed by atoms with Gasteiger partial charge in [0.05, 0.1) is 6.33 Å². The molecule has 0 aliphatic rings. The zero-order valence-electron chi connectivity index (χ0n) is 7.42. The van der Waals surface area contributed by atoms with Crippen LogP contribution in [-0.4, -0.2) is 15.3 Å². The fourth-order valence-corrected chi connectivity index (χ4v) is 2.29. The number of Topliss-reactive ketones (excluding diaryl/α,β-unsaturated/α-hetero) is 1. The minimum atomic E-state index is 0.209. The van der Waals surface area contributed by atoms with Crippen molar-refractivity contribution in [2.24, 2.45) is 0 Å². The molecular formula is C8H10I2N2O. The summed E-state index contributed by atoms with van der Waals surface area (Å²) in [7, 11) is 0. The van der Waals surface area contributed by atoms with Crippen LogP contribution in [0, 0.1) is 7.40 Å². The molecule has 0 spiro atoms. The van der Waals surface area contributed by atoms with Crippen LogP contribution in [0.25, 0.3) is 0 Å². The second-order valence-corrected chi connectivity index (χ2v) is 5.03. The van der Waals surface area contributed by atoms with E-state index in [2.05, 4.69) is 50.2 Å². The molecule has 0 aromatic carbocycles. The highest BCUT2D eigenvalue weighted by molar-refractivity contribution is 14.1. The van der Waals surface area contributed by atoms with Gasteiger partial charge in [-0.05, 0) is 59.0 Å². The van der Waals surface area contributed by atoms with Gasteiger partial charge in [-0.1, -0.05) is 0 Å². The lowest BCUT2D eigenvalue weighted by atomic mass is 10.2. The van der Waals surface area contributed by atoms with Crippen LogP contribution in [0.15, 0.2) is 6.33 Å². The fraction of sp³-hybridized carbons (Fsp3) is 0.500. The van der Waals surface area contributed by atoms with E-state index < -0.39 is 0 Å². The molecule has 0 saturated heterocycles. The first-order chi connectivity index (χ1) is 6.02. The summed E-state index contributed by atoms with van der Waals surface area (Å²) in [6.45, 7) is 3.65. The minimum Gasteiger partial charge on any atom is -0.322 e. The zero-order valence-corrected chi connectivity index (χ0v) is 11.7. The topological polar surface area (TPSA) is 34.9 Å². The van der Waals surface area contributed by atoms with Gasteiger partial charge in [0.25, 0.3) is 0 Å². The minimum absolute atomic E-state index is 0.209. The molecule has 0 fully saturated rings. The molecule has 72 valence electrons. The molecule has 5 heteroatoms. The maximum absolute atomic E-state index is 10.9. The maximum atomic E-state index is 10.9. The van der Waals surface area contributed by atoms with Gasteiger partial charge in [-0.15, -0.1) is 0 Å². The molecule has 0 saturated carbocycles. The molecule has 3 nitrogen and oxygen atoms in total. The monoisotopic (exact) mass is 404 g/mol. The molecule has 1 aromatic heterocycles. The molecule has 1 aromatic rings. The highest BCUT2D eigenvalue weighted by Gasteiger charge is 2.12. The van der Waals surface area contributed by atoms with Crippen molar-refractivity contribution in [3.8, 4) is 0 Å². The largest absolute Gasteiger partial charge is 0.322 e. The molecule has 0 amide bonds. The Hall–Kier alpha value is 0.340. The number of hydrogen-bond acceptors (Lipinski definition) is 2. The Labute approximate surface area is 105 Å². The number of halogens is 2. The van der Waals surface area contributed by atoms with Gasteiger partial charge < -0.3 is 4.57 Å². The normalized spacial score (nSPS) is 12.9. The van der Waals surface area contributed by atoms with Crippen LogP contribution >= 0.6 is 45.2 Å². The van der Waals surface area contributed by atoms with Gasteiger partial charge >= 0.3 is 0 Å². The van der Waals surface area contributed by atoms with E-state index in [9.17, 15) is 4.79 Å². The third-order valence-corrected chi connectivity index (χ3v) is 4.64. The molecule has 1 rings (SSSR count). The van der Waals surface area contributed by atoms with E-state index in [0.29, 0.717) is 6.42 Å². The number of hydrogen-bond donors (Lipinski definition) is 0. The lowest BCUT2D eigenvalue weighted by Gasteiger charge is -2.12. The number of carbonyl (C=O) groups excluding carboxylic acids is 1. The van der Waals surface area contributed by atoms with E-state index >= 15 is 0 Å². The summed E-state index contributed by atoms with van der Waals surface area (Å²) in [5, 5.41) is 0. The summed E-state index contributed by atoms with van der Waals surface area (Å²) in [5.74, 6) is 0.215. The first-order valence-electron chi connectivity index (χ1n) is 3.89. The maximum Gasteiger partial charge on any atom is 0.132 e. The number of aromatic nitrogens is 2. The highest BCUT2D eigenvalue weighted by Crippen LogP contribution is 2.19. The molecule has 0 radical (unpaired) electrons. The van der Waals surface area contributed by atoms with Crippen LogP contribution < -0.4 is 0 Å². The summed E-state index contributed by atoms with van der Waals surface area (Å²) >= 11 is 4.43. The Balaban J connectivity index is 2.82. The van der Waals surface area contributed by atoms with Crippen LogP contribution in [-0.2, 0) is 4.79 Å². The van der Waals surface area contributed by atoms with E-state index in [4.69, 9.17) is 0 Å². The number of rotatable bonds is 3. The van der Waals surface area contributed by atoms with E-state index in [1.165, 1.54) is 0 Å². The number of imidazole rings is 1. The Kier molecular flexibility index (Phi) is 4.14. The predicted octanol–water partition coefficient (Wildman–Crippen LogP) is 2.63. The van der Waals surface area contributed by atoms with Crippen molar-refractivity contribution in [2.75, 3.05) is 0 Å². The first-order valence-corrected chi connectivity index (χ1v) is 6.05. The lowest BCUT2D eigenvalue weighted by molar-refractivity contribution is -0.117. The average molecular weight is 404 g/mol. The Bertz CT molecular complexity index is 322.